The zero-order chi connectivity index (χ0) is 12.8. The van der Waals surface area contributed by atoms with Gasteiger partial charge in [-0.25, -0.2) is 0 Å². The highest BCUT2D eigenvalue weighted by molar-refractivity contribution is 14.1. The van der Waals surface area contributed by atoms with Crippen molar-refractivity contribution in [1.82, 2.24) is 13.7 Å². The number of rotatable bonds is 5. The first-order valence-corrected chi connectivity index (χ1v) is 8.23. The quantitative estimate of drug-likeness (QED) is 0.577. The largest absolute Gasteiger partial charge is 0.353 e. The highest BCUT2D eigenvalue weighted by Crippen LogP contribution is 2.19. The highest BCUT2D eigenvalue weighted by atomic mass is 127. The van der Waals surface area contributed by atoms with Crippen molar-refractivity contribution < 1.29 is 4.79 Å². The summed E-state index contributed by atoms with van der Waals surface area (Å²) in [6.07, 6.45) is 7.88. The molecule has 0 atom stereocenters. The molecule has 0 aromatic rings. The third kappa shape index (κ3) is 4.66. The van der Waals surface area contributed by atoms with Crippen LogP contribution in [0.2, 0.25) is 0 Å². The Kier molecular flexibility index (Phi) is 6.17. The molecule has 4 nitrogen and oxygen atoms in total. The fourth-order valence-corrected chi connectivity index (χ4v) is 3.54. The lowest BCUT2D eigenvalue weighted by Gasteiger charge is -2.28. The van der Waals surface area contributed by atoms with Crippen LogP contribution in [0.5, 0.6) is 0 Å². The summed E-state index contributed by atoms with van der Waals surface area (Å²) in [5, 5.41) is 3.19. The van der Waals surface area contributed by atoms with E-state index in [0.29, 0.717) is 18.5 Å². The van der Waals surface area contributed by atoms with Gasteiger partial charge in [0.1, 0.15) is 0 Å². The van der Waals surface area contributed by atoms with Crippen molar-refractivity contribution in [3.63, 3.8) is 0 Å². The molecule has 2 rings (SSSR count). The van der Waals surface area contributed by atoms with E-state index in [-0.39, 0.29) is 5.91 Å². The van der Waals surface area contributed by atoms with Crippen molar-refractivity contribution >= 4 is 28.8 Å². The molecule has 1 saturated carbocycles. The first-order valence-electron chi connectivity index (χ1n) is 7.16. The number of hydrogen-bond acceptors (Lipinski definition) is 3. The molecule has 0 spiro atoms. The minimum absolute atomic E-state index is 0.243. The van der Waals surface area contributed by atoms with E-state index in [2.05, 4.69) is 36.6 Å². The van der Waals surface area contributed by atoms with Gasteiger partial charge in [-0.15, -0.1) is 0 Å². The zero-order valence-electron chi connectivity index (χ0n) is 11.0. The number of halogens is 1. The number of nitrogens with one attached hydrogen (secondary N) is 2. The van der Waals surface area contributed by atoms with Gasteiger partial charge in [-0.2, -0.15) is 0 Å². The predicted octanol–water partition coefficient (Wildman–Crippen LogP) is 1.84. The molecular formula is C13H24IN3O. The van der Waals surface area contributed by atoms with Gasteiger partial charge in [0, 0.05) is 47.9 Å². The van der Waals surface area contributed by atoms with Crippen LogP contribution < -0.4 is 8.85 Å². The van der Waals surface area contributed by atoms with Crippen LogP contribution in [-0.4, -0.2) is 42.5 Å². The Morgan fingerprint density at radius 1 is 1.11 bits per heavy atom. The summed E-state index contributed by atoms with van der Waals surface area (Å²) in [5.74, 6) is 0.243. The van der Waals surface area contributed by atoms with Crippen LogP contribution in [0.25, 0.3) is 0 Å². The lowest BCUT2D eigenvalue weighted by molar-refractivity contribution is -0.122. The van der Waals surface area contributed by atoms with E-state index in [4.69, 9.17) is 0 Å². The number of likely N-dealkylation sites (tertiary alicyclic amines) is 1. The number of amides is 1. The molecule has 0 radical (unpaired) electrons. The van der Waals surface area contributed by atoms with Crippen LogP contribution in [0.1, 0.15) is 44.9 Å². The molecule has 2 N–H and O–H groups in total. The Morgan fingerprint density at radius 3 is 2.33 bits per heavy atom. The van der Waals surface area contributed by atoms with Crippen LogP contribution in [0.3, 0.4) is 0 Å². The topological polar surface area (TPSA) is 44.4 Å². The second kappa shape index (κ2) is 7.65. The molecule has 0 unspecified atom stereocenters. The number of carbonyl (C=O) groups is 1. The minimum Gasteiger partial charge on any atom is -0.353 e. The summed E-state index contributed by atoms with van der Waals surface area (Å²) < 4.78 is 3.29. The Labute approximate surface area is 124 Å². The SMILES string of the molecule is O=C(CCN1CCCC1)N[C@H]1CC[C@H](NI)CC1. The monoisotopic (exact) mass is 365 g/mol. The molecule has 1 aliphatic carbocycles. The van der Waals surface area contributed by atoms with E-state index in [1.807, 2.05) is 0 Å². The Morgan fingerprint density at radius 2 is 1.72 bits per heavy atom. The van der Waals surface area contributed by atoms with Gasteiger partial charge in [0.15, 0.2) is 0 Å². The van der Waals surface area contributed by atoms with Crippen molar-refractivity contribution in [2.75, 3.05) is 19.6 Å². The van der Waals surface area contributed by atoms with Crippen LogP contribution in [-0.2, 0) is 4.79 Å². The van der Waals surface area contributed by atoms with E-state index < -0.39 is 0 Å². The molecule has 0 aromatic heterocycles. The van der Waals surface area contributed by atoms with Gasteiger partial charge in [-0.1, -0.05) is 0 Å². The molecule has 0 bridgehead atoms. The molecule has 2 aliphatic rings. The van der Waals surface area contributed by atoms with Crippen LogP contribution >= 0.6 is 22.9 Å². The fourth-order valence-electron chi connectivity index (χ4n) is 2.91. The van der Waals surface area contributed by atoms with Crippen LogP contribution in [0.15, 0.2) is 0 Å². The average molecular weight is 365 g/mol. The summed E-state index contributed by atoms with van der Waals surface area (Å²) in [6, 6.07) is 1.06. The molecule has 1 amide bonds. The van der Waals surface area contributed by atoms with Crippen molar-refractivity contribution in [3.05, 3.63) is 0 Å². The molecule has 2 fully saturated rings. The Balaban J connectivity index is 1.59. The number of nitrogens with zero attached hydrogens (tertiary/aromatic N) is 1. The Bertz CT molecular complexity index is 261. The maximum Gasteiger partial charge on any atom is 0.221 e. The lowest BCUT2D eigenvalue weighted by Crippen LogP contribution is -2.41. The smallest absolute Gasteiger partial charge is 0.221 e. The maximum absolute atomic E-state index is 11.9. The predicted molar refractivity (Wildman–Crippen MR) is 81.6 cm³/mol. The van der Waals surface area contributed by atoms with Crippen LogP contribution in [0.4, 0.5) is 0 Å². The molecule has 1 heterocycles. The summed E-state index contributed by atoms with van der Waals surface area (Å²) in [6.45, 7) is 3.30. The normalized spacial score (nSPS) is 29.4. The molecular weight excluding hydrogens is 341 g/mol. The van der Waals surface area contributed by atoms with Crippen molar-refractivity contribution in [2.45, 2.75) is 57.0 Å². The summed E-state index contributed by atoms with van der Waals surface area (Å²) in [7, 11) is 0. The zero-order valence-corrected chi connectivity index (χ0v) is 13.1. The standard InChI is InChI=1S/C13H24IN3O/c14-16-12-5-3-11(4-6-12)15-13(18)7-10-17-8-1-2-9-17/h11-12,16H,1-10H2,(H,15,18)/t11-,12-. The van der Waals surface area contributed by atoms with Gasteiger partial charge >= 0.3 is 0 Å². The van der Waals surface area contributed by atoms with Gasteiger partial charge in [-0.05, 0) is 51.6 Å². The van der Waals surface area contributed by atoms with E-state index in [0.717, 1.165) is 19.4 Å². The van der Waals surface area contributed by atoms with Crippen molar-refractivity contribution in [2.24, 2.45) is 0 Å². The first kappa shape index (κ1) is 14.5. The van der Waals surface area contributed by atoms with Crippen LogP contribution in [0, 0.1) is 0 Å². The van der Waals surface area contributed by atoms with E-state index >= 15 is 0 Å². The van der Waals surface area contributed by atoms with Gasteiger partial charge in [0.2, 0.25) is 5.91 Å². The van der Waals surface area contributed by atoms with E-state index in [1.54, 1.807) is 0 Å². The van der Waals surface area contributed by atoms with Gasteiger partial charge < -0.3 is 10.2 Å². The number of carbonyl (C=O) groups excluding carboxylic acids is 1. The average Bonchev–Trinajstić information content (AvgIpc) is 2.90. The maximum atomic E-state index is 11.9. The molecule has 104 valence electrons. The second-order valence-electron chi connectivity index (χ2n) is 5.52. The van der Waals surface area contributed by atoms with E-state index in [9.17, 15) is 4.79 Å². The summed E-state index contributed by atoms with van der Waals surface area (Å²) in [4.78, 5) is 14.3. The molecule has 5 heteroatoms. The third-order valence-corrected chi connectivity index (χ3v) is 4.98. The third-order valence-electron chi connectivity index (χ3n) is 4.10. The molecule has 1 saturated heterocycles. The fraction of sp³-hybridized carbons (Fsp3) is 0.923. The van der Waals surface area contributed by atoms with Crippen molar-refractivity contribution in [1.29, 1.82) is 0 Å². The van der Waals surface area contributed by atoms with Gasteiger partial charge in [0.25, 0.3) is 0 Å². The van der Waals surface area contributed by atoms with E-state index in [1.165, 1.54) is 38.8 Å². The number of hydrogen-bond donors (Lipinski definition) is 2. The summed E-state index contributed by atoms with van der Waals surface area (Å²) >= 11 is 2.23. The van der Waals surface area contributed by atoms with Crippen molar-refractivity contribution in [3.8, 4) is 0 Å². The lowest BCUT2D eigenvalue weighted by atomic mass is 9.92. The second-order valence-corrected chi connectivity index (χ2v) is 6.15. The van der Waals surface area contributed by atoms with Gasteiger partial charge in [-0.3, -0.25) is 8.32 Å². The first-order chi connectivity index (χ1) is 8.78. The highest BCUT2D eigenvalue weighted by Gasteiger charge is 2.21. The molecule has 18 heavy (non-hydrogen) atoms. The van der Waals surface area contributed by atoms with Gasteiger partial charge in [0.05, 0.1) is 0 Å². The molecule has 0 aromatic carbocycles. The molecule has 1 aliphatic heterocycles. The Hall–Kier alpha value is 0.120. The minimum atomic E-state index is 0.243. The summed E-state index contributed by atoms with van der Waals surface area (Å²) in [5.41, 5.74) is 0.